The SMILES string of the molecule is Cc1nccnc1C(C)NCC1CCN(C)C1. The van der Waals surface area contributed by atoms with Crippen molar-refractivity contribution in [3.63, 3.8) is 0 Å². The Kier molecular flexibility index (Phi) is 4.07. The summed E-state index contributed by atoms with van der Waals surface area (Å²) in [5, 5.41) is 3.57. The summed E-state index contributed by atoms with van der Waals surface area (Å²) >= 11 is 0. The molecular weight excluding hydrogens is 212 g/mol. The summed E-state index contributed by atoms with van der Waals surface area (Å²) in [5.74, 6) is 0.777. The van der Waals surface area contributed by atoms with Crippen molar-refractivity contribution in [3.05, 3.63) is 23.8 Å². The number of nitrogens with one attached hydrogen (secondary N) is 1. The quantitative estimate of drug-likeness (QED) is 0.854. The Bertz CT molecular complexity index is 366. The molecule has 94 valence electrons. The average Bonchev–Trinajstić information content (AvgIpc) is 2.73. The van der Waals surface area contributed by atoms with Crippen LogP contribution in [0, 0.1) is 12.8 Å². The normalized spacial score (nSPS) is 22.9. The van der Waals surface area contributed by atoms with Gasteiger partial charge in [0, 0.05) is 25.0 Å². The Hall–Kier alpha value is -1.00. The molecule has 1 saturated heterocycles. The Morgan fingerprint density at radius 3 is 2.88 bits per heavy atom. The van der Waals surface area contributed by atoms with E-state index >= 15 is 0 Å². The van der Waals surface area contributed by atoms with Crippen LogP contribution in [0.15, 0.2) is 12.4 Å². The smallest absolute Gasteiger partial charge is 0.0782 e. The van der Waals surface area contributed by atoms with Crippen LogP contribution in [-0.4, -0.2) is 41.5 Å². The third kappa shape index (κ3) is 3.23. The maximum absolute atomic E-state index is 4.40. The molecule has 1 aromatic heterocycles. The summed E-state index contributed by atoms with van der Waals surface area (Å²) in [6.45, 7) is 7.69. The van der Waals surface area contributed by atoms with Crippen molar-refractivity contribution in [2.45, 2.75) is 26.3 Å². The van der Waals surface area contributed by atoms with Crippen LogP contribution in [0.1, 0.15) is 30.8 Å². The van der Waals surface area contributed by atoms with E-state index in [9.17, 15) is 0 Å². The predicted octanol–water partition coefficient (Wildman–Crippen LogP) is 1.39. The molecule has 0 aliphatic carbocycles. The van der Waals surface area contributed by atoms with Gasteiger partial charge in [-0.1, -0.05) is 0 Å². The minimum absolute atomic E-state index is 0.287. The van der Waals surface area contributed by atoms with Crippen LogP contribution in [0.5, 0.6) is 0 Å². The van der Waals surface area contributed by atoms with Gasteiger partial charge in [0.1, 0.15) is 0 Å². The number of likely N-dealkylation sites (tertiary alicyclic amines) is 1. The van der Waals surface area contributed by atoms with Gasteiger partial charge in [0.15, 0.2) is 0 Å². The molecule has 1 aromatic rings. The van der Waals surface area contributed by atoms with Crippen molar-refractivity contribution >= 4 is 0 Å². The summed E-state index contributed by atoms with van der Waals surface area (Å²) < 4.78 is 0. The van der Waals surface area contributed by atoms with Gasteiger partial charge >= 0.3 is 0 Å². The van der Waals surface area contributed by atoms with Crippen LogP contribution in [0.2, 0.25) is 0 Å². The molecule has 0 bridgehead atoms. The second kappa shape index (κ2) is 5.56. The van der Waals surface area contributed by atoms with Gasteiger partial charge in [0.2, 0.25) is 0 Å². The largest absolute Gasteiger partial charge is 0.308 e. The minimum atomic E-state index is 0.287. The lowest BCUT2D eigenvalue weighted by Gasteiger charge is -2.17. The van der Waals surface area contributed by atoms with Crippen LogP contribution in [-0.2, 0) is 0 Å². The van der Waals surface area contributed by atoms with Crippen LogP contribution in [0.25, 0.3) is 0 Å². The molecular formula is C13H22N4. The number of hydrogen-bond donors (Lipinski definition) is 1. The van der Waals surface area contributed by atoms with Crippen LogP contribution < -0.4 is 5.32 Å². The van der Waals surface area contributed by atoms with Gasteiger partial charge in [-0.2, -0.15) is 0 Å². The molecule has 1 aliphatic rings. The summed E-state index contributed by atoms with van der Waals surface area (Å²) in [7, 11) is 2.19. The van der Waals surface area contributed by atoms with Crippen LogP contribution in [0.3, 0.4) is 0 Å². The third-order valence-electron chi connectivity index (χ3n) is 3.53. The summed E-state index contributed by atoms with van der Waals surface area (Å²) in [6, 6.07) is 0.287. The minimum Gasteiger partial charge on any atom is -0.308 e. The highest BCUT2D eigenvalue weighted by Crippen LogP contribution is 2.16. The van der Waals surface area contributed by atoms with Crippen molar-refractivity contribution in [2.75, 3.05) is 26.7 Å². The monoisotopic (exact) mass is 234 g/mol. The first-order chi connectivity index (χ1) is 8.16. The fraction of sp³-hybridized carbons (Fsp3) is 0.692. The lowest BCUT2D eigenvalue weighted by molar-refractivity contribution is 0.381. The first kappa shape index (κ1) is 12.5. The Labute approximate surface area is 103 Å². The van der Waals surface area contributed by atoms with Crippen molar-refractivity contribution in [1.82, 2.24) is 20.2 Å². The lowest BCUT2D eigenvalue weighted by Crippen LogP contribution is -2.28. The molecule has 0 amide bonds. The number of nitrogens with zero attached hydrogens (tertiary/aromatic N) is 3. The van der Waals surface area contributed by atoms with E-state index in [-0.39, 0.29) is 6.04 Å². The summed E-state index contributed by atoms with van der Waals surface area (Å²) in [5.41, 5.74) is 2.09. The van der Waals surface area contributed by atoms with Gasteiger partial charge in [-0.05, 0) is 46.3 Å². The number of aryl methyl sites for hydroxylation is 1. The first-order valence-electron chi connectivity index (χ1n) is 6.36. The highest BCUT2D eigenvalue weighted by molar-refractivity contribution is 5.12. The van der Waals surface area contributed by atoms with Gasteiger partial charge < -0.3 is 10.2 Å². The lowest BCUT2D eigenvalue weighted by atomic mass is 10.1. The molecule has 2 heterocycles. The molecule has 0 radical (unpaired) electrons. The molecule has 0 spiro atoms. The van der Waals surface area contributed by atoms with Gasteiger partial charge in [-0.3, -0.25) is 9.97 Å². The van der Waals surface area contributed by atoms with E-state index in [4.69, 9.17) is 0 Å². The third-order valence-corrected chi connectivity index (χ3v) is 3.53. The number of rotatable bonds is 4. The van der Waals surface area contributed by atoms with E-state index in [1.54, 1.807) is 12.4 Å². The maximum Gasteiger partial charge on any atom is 0.0782 e. The van der Waals surface area contributed by atoms with E-state index < -0.39 is 0 Å². The first-order valence-corrected chi connectivity index (χ1v) is 6.36. The van der Waals surface area contributed by atoms with Crippen LogP contribution >= 0.6 is 0 Å². The Morgan fingerprint density at radius 1 is 1.47 bits per heavy atom. The molecule has 0 saturated carbocycles. The number of aromatic nitrogens is 2. The molecule has 2 rings (SSSR count). The van der Waals surface area contributed by atoms with Crippen molar-refractivity contribution < 1.29 is 0 Å². The predicted molar refractivity (Wildman–Crippen MR) is 68.8 cm³/mol. The van der Waals surface area contributed by atoms with Crippen molar-refractivity contribution in [2.24, 2.45) is 5.92 Å². The van der Waals surface area contributed by atoms with Gasteiger partial charge in [0.05, 0.1) is 11.4 Å². The fourth-order valence-corrected chi connectivity index (χ4v) is 2.48. The molecule has 1 N–H and O–H groups in total. The number of hydrogen-bond acceptors (Lipinski definition) is 4. The zero-order valence-electron chi connectivity index (χ0n) is 11.0. The topological polar surface area (TPSA) is 41.1 Å². The average molecular weight is 234 g/mol. The molecule has 1 aliphatic heterocycles. The van der Waals surface area contributed by atoms with E-state index in [0.29, 0.717) is 0 Å². The summed E-state index contributed by atoms with van der Waals surface area (Å²) in [6.07, 6.45) is 4.82. The molecule has 0 aromatic carbocycles. The highest BCUT2D eigenvalue weighted by atomic mass is 15.1. The van der Waals surface area contributed by atoms with Crippen molar-refractivity contribution in [1.29, 1.82) is 0 Å². The molecule has 2 unspecified atom stereocenters. The summed E-state index contributed by atoms with van der Waals surface area (Å²) in [4.78, 5) is 11.1. The van der Waals surface area contributed by atoms with Gasteiger partial charge in [-0.15, -0.1) is 0 Å². The van der Waals surface area contributed by atoms with Crippen molar-refractivity contribution in [3.8, 4) is 0 Å². The zero-order chi connectivity index (χ0) is 12.3. The van der Waals surface area contributed by atoms with E-state index in [2.05, 4.69) is 34.2 Å². The Balaban J connectivity index is 1.85. The van der Waals surface area contributed by atoms with Gasteiger partial charge in [-0.25, -0.2) is 0 Å². The molecule has 4 heteroatoms. The molecule has 2 atom stereocenters. The highest BCUT2D eigenvalue weighted by Gasteiger charge is 2.20. The van der Waals surface area contributed by atoms with Gasteiger partial charge in [0.25, 0.3) is 0 Å². The van der Waals surface area contributed by atoms with Crippen LogP contribution in [0.4, 0.5) is 0 Å². The van der Waals surface area contributed by atoms with E-state index in [0.717, 1.165) is 23.9 Å². The van der Waals surface area contributed by atoms with E-state index in [1.807, 2.05) is 6.92 Å². The fourth-order valence-electron chi connectivity index (χ4n) is 2.48. The molecule has 17 heavy (non-hydrogen) atoms. The second-order valence-electron chi connectivity index (χ2n) is 5.07. The van der Waals surface area contributed by atoms with E-state index in [1.165, 1.54) is 19.5 Å². The zero-order valence-corrected chi connectivity index (χ0v) is 11.0. The molecule has 1 fully saturated rings. The Morgan fingerprint density at radius 2 is 2.24 bits per heavy atom. The maximum atomic E-state index is 4.40. The standard InChI is InChI=1S/C13H22N4/c1-10-13(15-6-5-14-10)11(2)16-8-12-4-7-17(3)9-12/h5-6,11-12,16H,4,7-9H2,1-3H3. The second-order valence-corrected chi connectivity index (χ2v) is 5.07. The molecule has 4 nitrogen and oxygen atoms in total.